The van der Waals surface area contributed by atoms with E-state index in [1.807, 2.05) is 0 Å². The first-order valence-electron chi connectivity index (χ1n) is 6.03. The Morgan fingerprint density at radius 2 is 1.76 bits per heavy atom. The number of aliphatic hydroxyl groups excluding tert-OH is 1. The summed E-state index contributed by atoms with van der Waals surface area (Å²) in [5.41, 5.74) is -1.12. The monoisotopic (exact) mass is 303 g/mol. The Hall–Kier alpha value is -2.06. The minimum Gasteiger partial charge on any atom is -0.478 e. The number of halogens is 2. The Morgan fingerprint density at radius 1 is 1.19 bits per heavy atom. The van der Waals surface area contributed by atoms with E-state index in [-0.39, 0.29) is 26.3 Å². The van der Waals surface area contributed by atoms with Crippen LogP contribution >= 0.6 is 0 Å². The van der Waals surface area contributed by atoms with Crippen LogP contribution < -0.4 is 0 Å². The van der Waals surface area contributed by atoms with Gasteiger partial charge in [-0.25, -0.2) is 13.6 Å². The molecule has 0 aliphatic heterocycles. The highest BCUT2D eigenvalue weighted by Gasteiger charge is 2.24. The van der Waals surface area contributed by atoms with E-state index < -0.39 is 34.6 Å². The maximum absolute atomic E-state index is 13.3. The van der Waals surface area contributed by atoms with Gasteiger partial charge in [0.1, 0.15) is 0 Å². The van der Waals surface area contributed by atoms with E-state index in [4.69, 9.17) is 14.9 Å². The van der Waals surface area contributed by atoms with E-state index in [1.165, 1.54) is 7.11 Å². The lowest BCUT2D eigenvalue weighted by atomic mass is 10.1. The highest BCUT2D eigenvalue weighted by atomic mass is 19.2. The van der Waals surface area contributed by atoms with Gasteiger partial charge in [0.2, 0.25) is 0 Å². The number of carboxylic acids is 1. The number of amides is 1. The van der Waals surface area contributed by atoms with Gasteiger partial charge in [-0.2, -0.15) is 0 Å². The molecule has 8 heteroatoms. The highest BCUT2D eigenvalue weighted by Crippen LogP contribution is 2.17. The molecule has 0 heterocycles. The molecule has 0 radical (unpaired) electrons. The van der Waals surface area contributed by atoms with E-state index in [2.05, 4.69) is 0 Å². The molecule has 0 spiro atoms. The van der Waals surface area contributed by atoms with Crippen LogP contribution in [0.25, 0.3) is 0 Å². The fraction of sp³-hybridized carbons (Fsp3) is 0.385. The van der Waals surface area contributed by atoms with Crippen molar-refractivity contribution in [1.29, 1.82) is 0 Å². The SMILES string of the molecule is COCCN(CCO)C(=O)c1cc(F)c(F)cc1C(=O)O. The quantitative estimate of drug-likeness (QED) is 0.776. The first-order valence-corrected chi connectivity index (χ1v) is 6.03. The number of benzene rings is 1. The summed E-state index contributed by atoms with van der Waals surface area (Å²) in [6.07, 6.45) is 0. The van der Waals surface area contributed by atoms with Crippen LogP contribution in [0.3, 0.4) is 0 Å². The first kappa shape index (κ1) is 17.0. The molecule has 1 rings (SSSR count). The summed E-state index contributed by atoms with van der Waals surface area (Å²) in [7, 11) is 1.40. The fourth-order valence-corrected chi connectivity index (χ4v) is 1.71. The van der Waals surface area contributed by atoms with Gasteiger partial charge in [0.25, 0.3) is 5.91 Å². The summed E-state index contributed by atoms with van der Waals surface area (Å²) < 4.78 is 31.2. The Kier molecular flexibility index (Phi) is 6.19. The van der Waals surface area contributed by atoms with Crippen molar-refractivity contribution < 1.29 is 33.3 Å². The number of nitrogens with zero attached hydrogens (tertiary/aromatic N) is 1. The molecule has 0 fully saturated rings. The molecule has 116 valence electrons. The second kappa shape index (κ2) is 7.65. The number of rotatable bonds is 7. The van der Waals surface area contributed by atoms with Gasteiger partial charge in [0.05, 0.1) is 24.3 Å². The predicted molar refractivity (Wildman–Crippen MR) is 68.2 cm³/mol. The van der Waals surface area contributed by atoms with Gasteiger partial charge >= 0.3 is 5.97 Å². The van der Waals surface area contributed by atoms with Crippen molar-refractivity contribution in [2.24, 2.45) is 0 Å². The van der Waals surface area contributed by atoms with Crippen LogP contribution in [0.1, 0.15) is 20.7 Å². The Labute approximate surface area is 119 Å². The van der Waals surface area contributed by atoms with Crippen LogP contribution in [-0.4, -0.2) is 60.4 Å². The second-order valence-corrected chi connectivity index (χ2v) is 4.13. The molecule has 0 aliphatic rings. The third-order valence-electron chi connectivity index (χ3n) is 2.74. The van der Waals surface area contributed by atoms with Crippen molar-refractivity contribution in [3.05, 3.63) is 34.9 Å². The van der Waals surface area contributed by atoms with E-state index in [1.54, 1.807) is 0 Å². The molecule has 0 atom stereocenters. The molecule has 1 amide bonds. The number of hydrogen-bond acceptors (Lipinski definition) is 4. The Balaban J connectivity index is 3.19. The maximum Gasteiger partial charge on any atom is 0.336 e. The number of ether oxygens (including phenoxy) is 1. The van der Waals surface area contributed by atoms with Gasteiger partial charge in [-0.3, -0.25) is 4.79 Å². The molecule has 0 saturated carbocycles. The van der Waals surface area contributed by atoms with E-state index in [9.17, 15) is 18.4 Å². The third kappa shape index (κ3) is 4.20. The van der Waals surface area contributed by atoms with Crippen molar-refractivity contribution >= 4 is 11.9 Å². The molecule has 0 saturated heterocycles. The van der Waals surface area contributed by atoms with Gasteiger partial charge in [-0.05, 0) is 12.1 Å². The normalized spacial score (nSPS) is 10.5. The van der Waals surface area contributed by atoms with Gasteiger partial charge in [-0.15, -0.1) is 0 Å². The zero-order valence-electron chi connectivity index (χ0n) is 11.3. The van der Waals surface area contributed by atoms with Gasteiger partial charge in [0, 0.05) is 20.2 Å². The second-order valence-electron chi connectivity index (χ2n) is 4.13. The van der Waals surface area contributed by atoms with Crippen molar-refractivity contribution in [1.82, 2.24) is 4.90 Å². The largest absolute Gasteiger partial charge is 0.478 e. The van der Waals surface area contributed by atoms with E-state index in [0.29, 0.717) is 12.1 Å². The molecule has 0 unspecified atom stereocenters. The van der Waals surface area contributed by atoms with Gasteiger partial charge < -0.3 is 19.8 Å². The molecule has 2 N–H and O–H groups in total. The number of carbonyl (C=O) groups excluding carboxylic acids is 1. The number of methoxy groups -OCH3 is 1. The topological polar surface area (TPSA) is 87.1 Å². The smallest absolute Gasteiger partial charge is 0.336 e. The lowest BCUT2D eigenvalue weighted by Crippen LogP contribution is -2.37. The summed E-state index contributed by atoms with van der Waals surface area (Å²) in [6.45, 7) is -0.215. The highest BCUT2D eigenvalue weighted by molar-refractivity contribution is 6.04. The average Bonchev–Trinajstić information content (AvgIpc) is 2.44. The summed E-state index contributed by atoms with van der Waals surface area (Å²) in [4.78, 5) is 24.4. The zero-order chi connectivity index (χ0) is 16.0. The number of aromatic carboxylic acids is 1. The summed E-state index contributed by atoms with van der Waals surface area (Å²) in [6, 6.07) is 0.997. The molecule has 1 aromatic rings. The van der Waals surface area contributed by atoms with Crippen molar-refractivity contribution in [2.45, 2.75) is 0 Å². The van der Waals surface area contributed by atoms with Crippen molar-refractivity contribution in [3.8, 4) is 0 Å². The van der Waals surface area contributed by atoms with Gasteiger partial charge in [0.15, 0.2) is 11.6 Å². The molecular formula is C13H15F2NO5. The van der Waals surface area contributed by atoms with Crippen LogP contribution in [0, 0.1) is 11.6 Å². The summed E-state index contributed by atoms with van der Waals surface area (Å²) >= 11 is 0. The third-order valence-corrected chi connectivity index (χ3v) is 2.74. The lowest BCUT2D eigenvalue weighted by molar-refractivity contribution is 0.0631. The fourth-order valence-electron chi connectivity index (χ4n) is 1.71. The number of aliphatic hydroxyl groups is 1. The number of hydrogen-bond donors (Lipinski definition) is 2. The minimum absolute atomic E-state index is 0.0773. The summed E-state index contributed by atoms with van der Waals surface area (Å²) in [5, 5.41) is 17.9. The molecule has 21 heavy (non-hydrogen) atoms. The van der Waals surface area contributed by atoms with Gasteiger partial charge in [-0.1, -0.05) is 0 Å². The van der Waals surface area contributed by atoms with Crippen LogP contribution in [-0.2, 0) is 4.74 Å². The average molecular weight is 303 g/mol. The molecule has 1 aromatic carbocycles. The molecule has 0 aliphatic carbocycles. The zero-order valence-corrected chi connectivity index (χ0v) is 11.3. The molecule has 0 aromatic heterocycles. The standard InChI is InChI=1S/C13H15F2NO5/c1-21-5-3-16(2-4-17)12(18)8-6-10(14)11(15)7-9(8)13(19)20/h6-7,17H,2-5H2,1H3,(H,19,20). The molecular weight excluding hydrogens is 288 g/mol. The molecule has 6 nitrogen and oxygen atoms in total. The molecule has 0 bridgehead atoms. The minimum atomic E-state index is -1.55. The lowest BCUT2D eigenvalue weighted by Gasteiger charge is -2.22. The van der Waals surface area contributed by atoms with Crippen LogP contribution in [0.4, 0.5) is 8.78 Å². The maximum atomic E-state index is 13.3. The van der Waals surface area contributed by atoms with Crippen LogP contribution in [0.2, 0.25) is 0 Å². The Morgan fingerprint density at radius 3 is 2.24 bits per heavy atom. The van der Waals surface area contributed by atoms with Crippen LogP contribution in [0.15, 0.2) is 12.1 Å². The summed E-state index contributed by atoms with van der Waals surface area (Å²) in [5.74, 6) is -5.04. The number of carboxylic acid groups (broad SMARTS) is 1. The predicted octanol–water partition coefficient (Wildman–Crippen LogP) is 0.744. The first-order chi connectivity index (χ1) is 9.92. The Bertz CT molecular complexity index is 536. The number of carbonyl (C=O) groups is 2. The van der Waals surface area contributed by atoms with Crippen molar-refractivity contribution in [3.63, 3.8) is 0 Å². The van der Waals surface area contributed by atoms with Crippen molar-refractivity contribution in [2.75, 3.05) is 33.4 Å². The van der Waals surface area contributed by atoms with Crippen LogP contribution in [0.5, 0.6) is 0 Å². The van der Waals surface area contributed by atoms with E-state index >= 15 is 0 Å². The van der Waals surface area contributed by atoms with E-state index in [0.717, 1.165) is 4.90 Å².